The lowest BCUT2D eigenvalue weighted by Crippen LogP contribution is -2.35. The van der Waals surface area contributed by atoms with Gasteiger partial charge in [0, 0.05) is 5.69 Å². The van der Waals surface area contributed by atoms with Gasteiger partial charge in [-0.25, -0.2) is 0 Å². The van der Waals surface area contributed by atoms with Gasteiger partial charge in [0.2, 0.25) is 5.91 Å². The Kier molecular flexibility index (Phi) is 6.39. The third-order valence-corrected chi connectivity index (χ3v) is 3.38. The maximum Gasteiger partial charge on any atom is 0.258 e. The van der Waals surface area contributed by atoms with Crippen LogP contribution in [0.4, 0.5) is 5.69 Å². The summed E-state index contributed by atoms with van der Waals surface area (Å²) >= 11 is 0. The Labute approximate surface area is 147 Å². The number of ether oxygens (including phenoxy) is 2. The molecule has 0 aliphatic carbocycles. The number of methoxy groups -OCH3 is 1. The zero-order valence-corrected chi connectivity index (χ0v) is 14.6. The molecule has 0 radical (unpaired) electrons. The summed E-state index contributed by atoms with van der Waals surface area (Å²) in [7, 11) is 1.53. The minimum absolute atomic E-state index is 0.124. The largest absolute Gasteiger partial charge is 0.493 e. The molecule has 0 heterocycles. The number of nitrogens with one attached hydrogen (secondary N) is 2. The van der Waals surface area contributed by atoms with E-state index in [-0.39, 0.29) is 25.0 Å². The topological polar surface area (TPSA) is 76.7 Å². The first-order chi connectivity index (χ1) is 12.0. The van der Waals surface area contributed by atoms with Gasteiger partial charge in [-0.1, -0.05) is 18.2 Å². The lowest BCUT2D eigenvalue weighted by molar-refractivity contribution is -0.125. The lowest BCUT2D eigenvalue weighted by atomic mass is 10.1. The highest BCUT2D eigenvalue weighted by molar-refractivity contribution is 5.94. The molecule has 2 rings (SSSR count). The van der Waals surface area contributed by atoms with Crippen molar-refractivity contribution < 1.29 is 19.1 Å². The molecule has 0 fully saturated rings. The molecule has 6 heteroatoms. The molecule has 0 unspecified atom stereocenters. The molecule has 0 saturated carbocycles. The van der Waals surface area contributed by atoms with E-state index in [1.807, 2.05) is 38.1 Å². The second-order valence-electron chi connectivity index (χ2n) is 5.64. The summed E-state index contributed by atoms with van der Waals surface area (Å²) in [6.45, 7) is 3.59. The number of anilines is 1. The third-order valence-electron chi connectivity index (χ3n) is 3.38. The predicted molar refractivity (Wildman–Crippen MR) is 96.0 cm³/mol. The van der Waals surface area contributed by atoms with Crippen molar-refractivity contribution in [3.8, 4) is 11.5 Å². The first-order valence-corrected chi connectivity index (χ1v) is 7.88. The second kappa shape index (κ2) is 8.73. The first kappa shape index (κ1) is 18.3. The number of aryl methyl sites for hydroxylation is 2. The fourth-order valence-corrected chi connectivity index (χ4v) is 2.36. The van der Waals surface area contributed by atoms with Gasteiger partial charge in [-0.3, -0.25) is 9.59 Å². The zero-order chi connectivity index (χ0) is 18.2. The Hall–Kier alpha value is -3.02. The molecule has 2 aromatic carbocycles. The van der Waals surface area contributed by atoms with Crippen molar-refractivity contribution >= 4 is 17.5 Å². The van der Waals surface area contributed by atoms with Gasteiger partial charge in [-0.05, 0) is 49.2 Å². The van der Waals surface area contributed by atoms with Gasteiger partial charge in [-0.15, -0.1) is 0 Å². The van der Waals surface area contributed by atoms with E-state index in [4.69, 9.17) is 9.47 Å². The number of carbonyl (C=O) groups is 2. The molecule has 0 spiro atoms. The van der Waals surface area contributed by atoms with Crippen LogP contribution in [0.3, 0.4) is 0 Å². The SMILES string of the molecule is COc1ccccc1OCC(=O)NCC(=O)Nc1cc(C)cc(C)c1. The Morgan fingerprint density at radius 1 is 0.960 bits per heavy atom. The van der Waals surface area contributed by atoms with Gasteiger partial charge in [0.25, 0.3) is 5.91 Å². The number of hydrogen-bond donors (Lipinski definition) is 2. The summed E-state index contributed by atoms with van der Waals surface area (Å²) in [5.41, 5.74) is 2.83. The molecule has 0 atom stereocenters. The molecular weight excluding hydrogens is 320 g/mol. The van der Waals surface area contributed by atoms with Gasteiger partial charge in [-0.2, -0.15) is 0 Å². The summed E-state index contributed by atoms with van der Waals surface area (Å²) in [5, 5.41) is 5.28. The highest BCUT2D eigenvalue weighted by Gasteiger charge is 2.09. The summed E-state index contributed by atoms with van der Waals surface area (Å²) < 4.78 is 10.5. The molecule has 2 aromatic rings. The van der Waals surface area contributed by atoms with Crippen LogP contribution in [0.25, 0.3) is 0 Å². The van der Waals surface area contributed by atoms with Crippen molar-refractivity contribution in [3.63, 3.8) is 0 Å². The Morgan fingerprint density at radius 2 is 1.60 bits per heavy atom. The number of amides is 2. The van der Waals surface area contributed by atoms with Crippen LogP contribution in [0.15, 0.2) is 42.5 Å². The van der Waals surface area contributed by atoms with Crippen LogP contribution in [0.5, 0.6) is 11.5 Å². The van der Waals surface area contributed by atoms with Gasteiger partial charge >= 0.3 is 0 Å². The van der Waals surface area contributed by atoms with E-state index in [0.29, 0.717) is 17.2 Å². The number of carbonyl (C=O) groups excluding carboxylic acids is 2. The predicted octanol–water partition coefficient (Wildman–Crippen LogP) is 2.45. The van der Waals surface area contributed by atoms with Crippen molar-refractivity contribution in [2.45, 2.75) is 13.8 Å². The highest BCUT2D eigenvalue weighted by Crippen LogP contribution is 2.25. The molecule has 25 heavy (non-hydrogen) atoms. The van der Waals surface area contributed by atoms with Crippen molar-refractivity contribution in [3.05, 3.63) is 53.6 Å². The van der Waals surface area contributed by atoms with Crippen LogP contribution < -0.4 is 20.1 Å². The van der Waals surface area contributed by atoms with Crippen LogP contribution in [-0.2, 0) is 9.59 Å². The molecule has 0 aliphatic heterocycles. The van der Waals surface area contributed by atoms with Crippen LogP contribution >= 0.6 is 0 Å². The van der Waals surface area contributed by atoms with E-state index >= 15 is 0 Å². The fraction of sp³-hybridized carbons (Fsp3) is 0.263. The summed E-state index contributed by atoms with van der Waals surface area (Å²) in [6, 6.07) is 12.8. The number of para-hydroxylation sites is 2. The quantitative estimate of drug-likeness (QED) is 0.810. The molecule has 0 aliphatic rings. The van der Waals surface area contributed by atoms with E-state index in [1.165, 1.54) is 7.11 Å². The minimum Gasteiger partial charge on any atom is -0.493 e. The number of benzene rings is 2. The molecule has 0 saturated heterocycles. The van der Waals surface area contributed by atoms with Crippen molar-refractivity contribution in [2.24, 2.45) is 0 Å². The van der Waals surface area contributed by atoms with E-state index in [9.17, 15) is 9.59 Å². The van der Waals surface area contributed by atoms with Gasteiger partial charge in [0.15, 0.2) is 18.1 Å². The highest BCUT2D eigenvalue weighted by atomic mass is 16.5. The third kappa shape index (κ3) is 5.84. The lowest BCUT2D eigenvalue weighted by Gasteiger charge is -2.11. The maximum absolute atomic E-state index is 11.9. The molecule has 0 bridgehead atoms. The smallest absolute Gasteiger partial charge is 0.258 e. The van der Waals surface area contributed by atoms with E-state index < -0.39 is 0 Å². The van der Waals surface area contributed by atoms with E-state index in [1.54, 1.807) is 18.2 Å². The number of hydrogen-bond acceptors (Lipinski definition) is 4. The van der Waals surface area contributed by atoms with Gasteiger partial charge in [0.05, 0.1) is 13.7 Å². The Bertz CT molecular complexity index is 739. The Balaban J connectivity index is 1.78. The summed E-state index contributed by atoms with van der Waals surface area (Å²) in [5.74, 6) is 0.333. The van der Waals surface area contributed by atoms with Crippen molar-refractivity contribution in [2.75, 3.05) is 25.6 Å². The average Bonchev–Trinajstić information content (AvgIpc) is 2.57. The normalized spacial score (nSPS) is 10.0. The molecule has 0 aromatic heterocycles. The minimum atomic E-state index is -0.388. The van der Waals surface area contributed by atoms with Crippen LogP contribution in [0.1, 0.15) is 11.1 Å². The average molecular weight is 342 g/mol. The summed E-state index contributed by atoms with van der Waals surface area (Å²) in [6.07, 6.45) is 0. The molecule has 2 amide bonds. The van der Waals surface area contributed by atoms with Crippen LogP contribution in [0, 0.1) is 13.8 Å². The van der Waals surface area contributed by atoms with Crippen molar-refractivity contribution in [1.29, 1.82) is 0 Å². The number of rotatable bonds is 7. The molecule has 2 N–H and O–H groups in total. The van der Waals surface area contributed by atoms with Gasteiger partial charge in [0.1, 0.15) is 0 Å². The van der Waals surface area contributed by atoms with Crippen LogP contribution in [-0.4, -0.2) is 32.1 Å². The maximum atomic E-state index is 11.9. The van der Waals surface area contributed by atoms with E-state index in [0.717, 1.165) is 11.1 Å². The van der Waals surface area contributed by atoms with Crippen molar-refractivity contribution in [1.82, 2.24) is 5.32 Å². The second-order valence-corrected chi connectivity index (χ2v) is 5.64. The summed E-state index contributed by atoms with van der Waals surface area (Å²) in [4.78, 5) is 23.8. The Morgan fingerprint density at radius 3 is 2.24 bits per heavy atom. The van der Waals surface area contributed by atoms with Gasteiger partial charge < -0.3 is 20.1 Å². The first-order valence-electron chi connectivity index (χ1n) is 7.88. The fourth-order valence-electron chi connectivity index (χ4n) is 2.36. The van der Waals surface area contributed by atoms with E-state index in [2.05, 4.69) is 10.6 Å². The molecular formula is C19H22N2O4. The molecule has 6 nitrogen and oxygen atoms in total. The zero-order valence-electron chi connectivity index (χ0n) is 14.6. The molecule has 132 valence electrons. The van der Waals surface area contributed by atoms with Crippen LogP contribution in [0.2, 0.25) is 0 Å². The standard InChI is InChI=1S/C19H22N2O4/c1-13-8-14(2)10-15(9-13)21-18(22)11-20-19(23)12-25-17-7-5-4-6-16(17)24-3/h4-10H,11-12H2,1-3H3,(H,20,23)(H,21,22). The monoisotopic (exact) mass is 342 g/mol.